The number of pyridine rings is 1. The highest BCUT2D eigenvalue weighted by atomic mass is 16.5. The van der Waals surface area contributed by atoms with Gasteiger partial charge in [0.05, 0.1) is 25.0 Å². The predicted molar refractivity (Wildman–Crippen MR) is 133 cm³/mol. The van der Waals surface area contributed by atoms with Gasteiger partial charge in [-0.15, -0.1) is 0 Å². The molecule has 3 aromatic carbocycles. The summed E-state index contributed by atoms with van der Waals surface area (Å²) in [5.74, 6) is 0.544. The number of nitrogens with one attached hydrogen (secondary N) is 1. The summed E-state index contributed by atoms with van der Waals surface area (Å²) in [6, 6.07) is 25.6. The number of benzene rings is 3. The Hall–Kier alpha value is -4.12. The van der Waals surface area contributed by atoms with Crippen molar-refractivity contribution >= 4 is 28.5 Å². The normalized spacial score (nSPS) is 11.2. The lowest BCUT2D eigenvalue weighted by atomic mass is 10.1. The monoisotopic (exact) mass is 438 g/mol. The van der Waals surface area contributed by atoms with Gasteiger partial charge in [-0.05, 0) is 46.9 Å². The van der Waals surface area contributed by atoms with Crippen molar-refractivity contribution in [3.8, 4) is 5.75 Å². The summed E-state index contributed by atoms with van der Waals surface area (Å²) in [4.78, 5) is 15.9. The van der Waals surface area contributed by atoms with Gasteiger partial charge < -0.3 is 14.8 Å². The molecule has 1 aromatic heterocycles. The fraction of sp³-hybridized carbons (Fsp3) is 0.143. The molecule has 1 N–H and O–H groups in total. The zero-order valence-corrected chi connectivity index (χ0v) is 18.5. The van der Waals surface area contributed by atoms with Crippen LogP contribution in [0.2, 0.25) is 0 Å². The van der Waals surface area contributed by atoms with E-state index in [4.69, 9.17) is 9.47 Å². The van der Waals surface area contributed by atoms with Gasteiger partial charge in [-0.2, -0.15) is 0 Å². The zero-order valence-electron chi connectivity index (χ0n) is 18.5. The number of anilines is 1. The molecule has 5 heteroatoms. The Morgan fingerprint density at radius 1 is 0.970 bits per heavy atom. The molecule has 0 radical (unpaired) electrons. The van der Waals surface area contributed by atoms with Crippen LogP contribution in [0.1, 0.15) is 22.3 Å². The molecule has 0 aliphatic heterocycles. The van der Waals surface area contributed by atoms with E-state index in [1.165, 1.54) is 12.7 Å². The minimum absolute atomic E-state index is 0.340. The molecule has 0 amide bonds. The predicted octanol–water partition coefficient (Wildman–Crippen LogP) is 5.99. The van der Waals surface area contributed by atoms with Gasteiger partial charge in [-0.1, -0.05) is 54.6 Å². The highest BCUT2D eigenvalue weighted by molar-refractivity contribution is 5.89. The first-order valence-electron chi connectivity index (χ1n) is 10.9. The number of ether oxygens (including phenoxy) is 2. The molecule has 166 valence electrons. The first kappa shape index (κ1) is 22.1. The minimum atomic E-state index is -0.340. The molecule has 4 rings (SSSR count). The second-order valence-corrected chi connectivity index (χ2v) is 7.59. The summed E-state index contributed by atoms with van der Waals surface area (Å²) in [7, 11) is 1.38. The van der Waals surface area contributed by atoms with Crippen molar-refractivity contribution in [2.24, 2.45) is 0 Å². The molecule has 0 saturated heterocycles. The number of methoxy groups -OCH3 is 1. The number of carbonyl (C=O) groups excluding carboxylic acids is 1. The molecule has 0 bridgehead atoms. The molecule has 0 fully saturated rings. The number of fused-ring (bicyclic) bond motifs is 1. The van der Waals surface area contributed by atoms with Crippen molar-refractivity contribution in [3.05, 3.63) is 108 Å². The Morgan fingerprint density at radius 3 is 2.58 bits per heavy atom. The number of rotatable bonds is 9. The summed E-state index contributed by atoms with van der Waals surface area (Å²) < 4.78 is 10.9. The van der Waals surface area contributed by atoms with Crippen molar-refractivity contribution < 1.29 is 14.3 Å². The van der Waals surface area contributed by atoms with E-state index >= 15 is 0 Å². The molecule has 0 aliphatic carbocycles. The van der Waals surface area contributed by atoms with Crippen LogP contribution >= 0.6 is 0 Å². The lowest BCUT2D eigenvalue weighted by Gasteiger charge is -2.13. The molecule has 33 heavy (non-hydrogen) atoms. The first-order chi connectivity index (χ1) is 16.2. The van der Waals surface area contributed by atoms with E-state index in [0.717, 1.165) is 34.2 Å². The van der Waals surface area contributed by atoms with Crippen LogP contribution < -0.4 is 10.1 Å². The maximum absolute atomic E-state index is 11.7. The molecule has 0 atom stereocenters. The van der Waals surface area contributed by atoms with Gasteiger partial charge in [0.2, 0.25) is 0 Å². The second-order valence-electron chi connectivity index (χ2n) is 7.59. The number of hydrogen-bond donors (Lipinski definition) is 1. The second kappa shape index (κ2) is 11.0. The Labute approximate surface area is 193 Å². The van der Waals surface area contributed by atoms with E-state index in [9.17, 15) is 4.79 Å². The van der Waals surface area contributed by atoms with Crippen molar-refractivity contribution in [1.82, 2.24) is 4.98 Å². The summed E-state index contributed by atoms with van der Waals surface area (Å²) >= 11 is 0. The lowest BCUT2D eigenvalue weighted by Crippen LogP contribution is -2.09. The zero-order chi connectivity index (χ0) is 22.9. The summed E-state index contributed by atoms with van der Waals surface area (Å²) in [6.45, 7) is 1.21. The van der Waals surface area contributed by atoms with Gasteiger partial charge in [-0.3, -0.25) is 4.98 Å². The van der Waals surface area contributed by atoms with E-state index < -0.39 is 0 Å². The standard InChI is InChI=1S/C28H26N2O3/c1-32-28(31)24-13-11-21(12-14-24)18-22(19-30-25-8-5-16-29-20-25)15-17-33-27-10-4-7-23-6-2-3-9-26(23)27/h2-14,16,18,20,30H,15,17,19H2,1H3/b22-18-. The molecule has 0 saturated carbocycles. The van der Waals surface area contributed by atoms with Gasteiger partial charge in [-0.25, -0.2) is 4.79 Å². The van der Waals surface area contributed by atoms with Gasteiger partial charge >= 0.3 is 5.97 Å². The van der Waals surface area contributed by atoms with Crippen LogP contribution in [-0.4, -0.2) is 31.2 Å². The van der Waals surface area contributed by atoms with Crippen molar-refractivity contribution in [2.45, 2.75) is 6.42 Å². The van der Waals surface area contributed by atoms with Crippen LogP contribution in [0.15, 0.2) is 96.8 Å². The summed E-state index contributed by atoms with van der Waals surface area (Å²) in [6.07, 6.45) is 6.42. The Kier molecular flexibility index (Phi) is 7.33. The highest BCUT2D eigenvalue weighted by Crippen LogP contribution is 2.25. The fourth-order valence-electron chi connectivity index (χ4n) is 3.58. The van der Waals surface area contributed by atoms with Crippen LogP contribution in [0.25, 0.3) is 16.8 Å². The minimum Gasteiger partial charge on any atom is -0.493 e. The number of aromatic nitrogens is 1. The van der Waals surface area contributed by atoms with E-state index in [-0.39, 0.29) is 5.97 Å². The molecule has 5 nitrogen and oxygen atoms in total. The van der Waals surface area contributed by atoms with Crippen molar-refractivity contribution in [3.63, 3.8) is 0 Å². The molecular formula is C28H26N2O3. The molecule has 0 aliphatic rings. The van der Waals surface area contributed by atoms with Crippen LogP contribution in [0.3, 0.4) is 0 Å². The summed E-state index contributed by atoms with van der Waals surface area (Å²) in [5.41, 5.74) is 3.67. The topological polar surface area (TPSA) is 60.5 Å². The van der Waals surface area contributed by atoms with E-state index in [1.807, 2.05) is 48.5 Å². The molecule has 0 spiro atoms. The summed E-state index contributed by atoms with van der Waals surface area (Å²) in [5, 5.41) is 5.69. The Balaban J connectivity index is 1.48. The number of hydrogen-bond acceptors (Lipinski definition) is 5. The number of esters is 1. The molecule has 0 unspecified atom stereocenters. The van der Waals surface area contributed by atoms with Gasteiger partial charge in [0.15, 0.2) is 0 Å². The number of nitrogens with zero attached hydrogens (tertiary/aromatic N) is 1. The smallest absolute Gasteiger partial charge is 0.337 e. The van der Waals surface area contributed by atoms with Crippen molar-refractivity contribution in [1.29, 1.82) is 0 Å². The average molecular weight is 439 g/mol. The van der Waals surface area contributed by atoms with Gasteiger partial charge in [0.1, 0.15) is 5.75 Å². The van der Waals surface area contributed by atoms with Gasteiger partial charge in [0.25, 0.3) is 0 Å². The van der Waals surface area contributed by atoms with Crippen LogP contribution in [0, 0.1) is 0 Å². The third-order valence-electron chi connectivity index (χ3n) is 5.31. The average Bonchev–Trinajstić information content (AvgIpc) is 2.88. The SMILES string of the molecule is COC(=O)c1ccc(/C=C(/CCOc2cccc3ccccc23)CNc2cccnc2)cc1. The Morgan fingerprint density at radius 2 is 1.79 bits per heavy atom. The van der Waals surface area contributed by atoms with E-state index in [0.29, 0.717) is 18.7 Å². The van der Waals surface area contributed by atoms with E-state index in [2.05, 4.69) is 34.6 Å². The van der Waals surface area contributed by atoms with Crippen molar-refractivity contribution in [2.75, 3.05) is 25.6 Å². The van der Waals surface area contributed by atoms with E-state index in [1.54, 1.807) is 24.5 Å². The highest BCUT2D eigenvalue weighted by Gasteiger charge is 2.06. The largest absolute Gasteiger partial charge is 0.493 e. The first-order valence-corrected chi connectivity index (χ1v) is 10.9. The molecule has 4 aromatic rings. The number of carbonyl (C=O) groups is 1. The quantitative estimate of drug-likeness (QED) is 0.326. The fourth-order valence-corrected chi connectivity index (χ4v) is 3.58. The maximum Gasteiger partial charge on any atom is 0.337 e. The van der Waals surface area contributed by atoms with Gasteiger partial charge in [0, 0.05) is 30.7 Å². The lowest BCUT2D eigenvalue weighted by molar-refractivity contribution is 0.0600. The Bertz CT molecular complexity index is 1230. The van der Waals surface area contributed by atoms with Crippen LogP contribution in [0.4, 0.5) is 5.69 Å². The maximum atomic E-state index is 11.7. The molecular weight excluding hydrogens is 412 g/mol. The third kappa shape index (κ3) is 5.98. The van der Waals surface area contributed by atoms with Crippen LogP contribution in [-0.2, 0) is 4.74 Å². The molecule has 1 heterocycles. The third-order valence-corrected chi connectivity index (χ3v) is 5.31. The van der Waals surface area contributed by atoms with Crippen LogP contribution in [0.5, 0.6) is 5.75 Å².